The summed E-state index contributed by atoms with van der Waals surface area (Å²) in [6, 6.07) is 18.4. The number of rotatable bonds is 7. The first-order valence-electron chi connectivity index (χ1n) is 9.16. The number of hydrogen-bond acceptors (Lipinski definition) is 3. The summed E-state index contributed by atoms with van der Waals surface area (Å²) in [5, 5.41) is 6.43. The van der Waals surface area contributed by atoms with E-state index in [0.29, 0.717) is 6.54 Å². The quantitative estimate of drug-likeness (QED) is 0.813. The van der Waals surface area contributed by atoms with E-state index in [1.54, 1.807) is 0 Å². The van der Waals surface area contributed by atoms with Crippen LogP contribution in [0.2, 0.25) is 0 Å². The Bertz CT molecular complexity index is 666. The molecule has 0 atom stereocenters. The van der Waals surface area contributed by atoms with E-state index in [4.69, 9.17) is 0 Å². The molecule has 0 aromatic heterocycles. The van der Waals surface area contributed by atoms with Gasteiger partial charge in [-0.1, -0.05) is 48.5 Å². The maximum atomic E-state index is 12.6. The Kier molecular flexibility index (Phi) is 6.60. The molecule has 4 heteroatoms. The average Bonchev–Trinajstić information content (AvgIpc) is 2.68. The van der Waals surface area contributed by atoms with E-state index in [-0.39, 0.29) is 5.91 Å². The second-order valence-electron chi connectivity index (χ2n) is 6.49. The van der Waals surface area contributed by atoms with Gasteiger partial charge in [-0.2, -0.15) is 0 Å². The molecule has 1 fully saturated rings. The van der Waals surface area contributed by atoms with Crippen LogP contribution in [0.3, 0.4) is 0 Å². The SMILES string of the molecule is O=C(NCCN1CCNCC1)c1ccccc1CCc1ccccc1. The third-order valence-electron chi connectivity index (χ3n) is 4.71. The zero-order chi connectivity index (χ0) is 17.3. The number of nitrogens with one attached hydrogen (secondary N) is 2. The summed E-state index contributed by atoms with van der Waals surface area (Å²) in [4.78, 5) is 15.0. The topological polar surface area (TPSA) is 44.4 Å². The van der Waals surface area contributed by atoms with E-state index in [9.17, 15) is 4.79 Å². The van der Waals surface area contributed by atoms with Crippen molar-refractivity contribution in [3.63, 3.8) is 0 Å². The zero-order valence-corrected chi connectivity index (χ0v) is 14.7. The van der Waals surface area contributed by atoms with Crippen molar-refractivity contribution in [2.75, 3.05) is 39.3 Å². The first kappa shape index (κ1) is 17.6. The van der Waals surface area contributed by atoms with Crippen molar-refractivity contribution in [2.24, 2.45) is 0 Å². The summed E-state index contributed by atoms with van der Waals surface area (Å²) >= 11 is 0. The van der Waals surface area contributed by atoms with Crippen LogP contribution in [0.25, 0.3) is 0 Å². The van der Waals surface area contributed by atoms with Crippen molar-refractivity contribution in [3.05, 3.63) is 71.3 Å². The van der Waals surface area contributed by atoms with Crippen LogP contribution < -0.4 is 10.6 Å². The van der Waals surface area contributed by atoms with Gasteiger partial charge in [0.25, 0.3) is 5.91 Å². The van der Waals surface area contributed by atoms with Gasteiger partial charge in [0.15, 0.2) is 0 Å². The molecule has 2 N–H and O–H groups in total. The van der Waals surface area contributed by atoms with E-state index in [1.807, 2.05) is 24.3 Å². The van der Waals surface area contributed by atoms with Crippen LogP contribution >= 0.6 is 0 Å². The van der Waals surface area contributed by atoms with Crippen molar-refractivity contribution in [1.82, 2.24) is 15.5 Å². The lowest BCUT2D eigenvalue weighted by molar-refractivity contribution is 0.0946. The van der Waals surface area contributed by atoms with E-state index >= 15 is 0 Å². The maximum absolute atomic E-state index is 12.6. The molecule has 1 aliphatic heterocycles. The molecule has 4 nitrogen and oxygen atoms in total. The first-order chi connectivity index (χ1) is 12.3. The van der Waals surface area contributed by atoms with E-state index in [1.165, 1.54) is 5.56 Å². The van der Waals surface area contributed by atoms with Crippen LogP contribution in [0.15, 0.2) is 54.6 Å². The van der Waals surface area contributed by atoms with Crippen LogP contribution in [-0.4, -0.2) is 50.1 Å². The second-order valence-corrected chi connectivity index (χ2v) is 6.49. The van der Waals surface area contributed by atoms with Crippen molar-refractivity contribution in [1.29, 1.82) is 0 Å². The van der Waals surface area contributed by atoms with Gasteiger partial charge >= 0.3 is 0 Å². The second kappa shape index (κ2) is 9.35. The fourth-order valence-corrected chi connectivity index (χ4v) is 3.24. The number of nitrogens with zero attached hydrogens (tertiary/aromatic N) is 1. The van der Waals surface area contributed by atoms with Crippen LogP contribution in [-0.2, 0) is 12.8 Å². The van der Waals surface area contributed by atoms with Crippen molar-refractivity contribution < 1.29 is 4.79 Å². The molecule has 1 aliphatic rings. The zero-order valence-electron chi connectivity index (χ0n) is 14.7. The van der Waals surface area contributed by atoms with E-state index in [2.05, 4.69) is 45.9 Å². The minimum Gasteiger partial charge on any atom is -0.351 e. The Morgan fingerprint density at radius 1 is 0.960 bits per heavy atom. The Morgan fingerprint density at radius 3 is 2.48 bits per heavy atom. The Hall–Kier alpha value is -2.17. The summed E-state index contributed by atoms with van der Waals surface area (Å²) in [7, 11) is 0. The number of hydrogen-bond donors (Lipinski definition) is 2. The molecule has 25 heavy (non-hydrogen) atoms. The predicted octanol–water partition coefficient (Wildman–Crippen LogP) is 2.11. The van der Waals surface area contributed by atoms with Gasteiger partial charge in [-0.25, -0.2) is 0 Å². The molecule has 0 bridgehead atoms. The third-order valence-corrected chi connectivity index (χ3v) is 4.71. The van der Waals surface area contributed by atoms with E-state index < -0.39 is 0 Å². The van der Waals surface area contributed by atoms with Gasteiger partial charge in [0, 0.05) is 44.8 Å². The number of benzene rings is 2. The van der Waals surface area contributed by atoms with Gasteiger partial charge in [-0.3, -0.25) is 9.69 Å². The lowest BCUT2D eigenvalue weighted by Gasteiger charge is -2.27. The molecule has 0 spiro atoms. The molecule has 2 aromatic carbocycles. The fraction of sp³-hybridized carbons (Fsp3) is 0.381. The molecule has 0 unspecified atom stereocenters. The maximum Gasteiger partial charge on any atom is 0.251 e. The van der Waals surface area contributed by atoms with Gasteiger partial charge < -0.3 is 10.6 Å². The lowest BCUT2D eigenvalue weighted by Crippen LogP contribution is -2.46. The number of aryl methyl sites for hydroxylation is 2. The summed E-state index contributed by atoms with van der Waals surface area (Å²) < 4.78 is 0. The molecule has 1 heterocycles. The molecule has 132 valence electrons. The summed E-state index contributed by atoms with van der Waals surface area (Å²) in [5.74, 6) is 0.0406. The molecular formula is C21H27N3O. The van der Waals surface area contributed by atoms with Crippen molar-refractivity contribution in [3.8, 4) is 0 Å². The number of carbonyl (C=O) groups is 1. The van der Waals surface area contributed by atoms with Gasteiger partial charge in [-0.15, -0.1) is 0 Å². The molecule has 1 saturated heterocycles. The average molecular weight is 337 g/mol. The van der Waals surface area contributed by atoms with Gasteiger partial charge in [-0.05, 0) is 30.0 Å². The normalized spacial score (nSPS) is 15.0. The monoisotopic (exact) mass is 337 g/mol. The highest BCUT2D eigenvalue weighted by Crippen LogP contribution is 2.13. The number of carbonyl (C=O) groups excluding carboxylic acids is 1. The van der Waals surface area contributed by atoms with Crippen LogP contribution in [0.4, 0.5) is 0 Å². The Labute approximate surface area is 150 Å². The highest BCUT2D eigenvalue weighted by atomic mass is 16.1. The Balaban J connectivity index is 1.53. The largest absolute Gasteiger partial charge is 0.351 e. The van der Waals surface area contributed by atoms with Crippen molar-refractivity contribution in [2.45, 2.75) is 12.8 Å². The predicted molar refractivity (Wildman–Crippen MR) is 102 cm³/mol. The molecule has 2 aromatic rings. The van der Waals surface area contributed by atoms with Crippen LogP contribution in [0.1, 0.15) is 21.5 Å². The highest BCUT2D eigenvalue weighted by Gasteiger charge is 2.12. The minimum atomic E-state index is 0.0406. The van der Waals surface area contributed by atoms with E-state index in [0.717, 1.165) is 56.7 Å². The lowest BCUT2D eigenvalue weighted by atomic mass is 9.99. The van der Waals surface area contributed by atoms with Gasteiger partial charge in [0.2, 0.25) is 0 Å². The number of amides is 1. The molecule has 0 aliphatic carbocycles. The number of piperazine rings is 1. The van der Waals surface area contributed by atoms with Crippen LogP contribution in [0, 0.1) is 0 Å². The van der Waals surface area contributed by atoms with Crippen LogP contribution in [0.5, 0.6) is 0 Å². The fourth-order valence-electron chi connectivity index (χ4n) is 3.24. The molecule has 0 radical (unpaired) electrons. The molecular weight excluding hydrogens is 310 g/mol. The molecule has 1 amide bonds. The summed E-state index contributed by atoms with van der Waals surface area (Å²) in [6.07, 6.45) is 1.83. The van der Waals surface area contributed by atoms with Crippen molar-refractivity contribution >= 4 is 5.91 Å². The molecule has 0 saturated carbocycles. The summed E-state index contributed by atoms with van der Waals surface area (Å²) in [6.45, 7) is 5.81. The molecule has 3 rings (SSSR count). The van der Waals surface area contributed by atoms with Gasteiger partial charge in [0.05, 0.1) is 0 Å². The minimum absolute atomic E-state index is 0.0406. The third kappa shape index (κ3) is 5.41. The van der Waals surface area contributed by atoms with Gasteiger partial charge in [0.1, 0.15) is 0 Å². The highest BCUT2D eigenvalue weighted by molar-refractivity contribution is 5.95. The smallest absolute Gasteiger partial charge is 0.251 e. The summed E-state index contributed by atoms with van der Waals surface area (Å²) in [5.41, 5.74) is 3.22. The Morgan fingerprint density at radius 2 is 1.68 bits per heavy atom. The first-order valence-corrected chi connectivity index (χ1v) is 9.16. The standard InChI is InChI=1S/C21H27N3O/c25-21(23-14-17-24-15-12-22-13-16-24)20-9-5-4-8-19(20)11-10-18-6-2-1-3-7-18/h1-9,22H,10-17H2,(H,23,25).